The Morgan fingerprint density at radius 1 is 1.45 bits per heavy atom. The first-order chi connectivity index (χ1) is 9.42. The second-order valence-corrected chi connectivity index (χ2v) is 6.62. The van der Waals surface area contributed by atoms with Crippen LogP contribution in [0.25, 0.3) is 0 Å². The molecule has 1 unspecified atom stereocenters. The van der Waals surface area contributed by atoms with Gasteiger partial charge in [-0.05, 0) is 45.1 Å². The summed E-state index contributed by atoms with van der Waals surface area (Å²) in [5.41, 5.74) is -0.561. The molecule has 1 fully saturated rings. The lowest BCUT2D eigenvalue weighted by Gasteiger charge is -2.32. The molecule has 0 aromatic heterocycles. The molecule has 1 atom stereocenters. The first kappa shape index (κ1) is 17.4. The van der Waals surface area contributed by atoms with Crippen LogP contribution in [0.4, 0.5) is 0 Å². The summed E-state index contributed by atoms with van der Waals surface area (Å²) < 4.78 is 4.98. The van der Waals surface area contributed by atoms with Crippen molar-refractivity contribution in [2.75, 3.05) is 26.7 Å². The number of carbonyl (C=O) groups is 1. The molecule has 0 aromatic carbocycles. The summed E-state index contributed by atoms with van der Waals surface area (Å²) in [5, 5.41) is 3.36. The minimum absolute atomic E-state index is 0.147. The van der Waals surface area contributed by atoms with Gasteiger partial charge in [-0.3, -0.25) is 4.79 Å². The van der Waals surface area contributed by atoms with E-state index in [1.54, 1.807) is 0 Å². The molecule has 1 aliphatic carbocycles. The zero-order chi connectivity index (χ0) is 15.2. The second kappa shape index (κ2) is 7.99. The minimum atomic E-state index is -0.561. The van der Waals surface area contributed by atoms with Crippen molar-refractivity contribution in [2.24, 2.45) is 5.92 Å². The number of methoxy groups -OCH3 is 1. The van der Waals surface area contributed by atoms with Crippen LogP contribution in [0.15, 0.2) is 0 Å². The summed E-state index contributed by atoms with van der Waals surface area (Å²) in [7, 11) is 1.47. The third-order valence-corrected chi connectivity index (χ3v) is 3.96. The van der Waals surface area contributed by atoms with E-state index in [9.17, 15) is 4.79 Å². The fraction of sp³-hybridized carbons (Fsp3) is 0.938. The topological polar surface area (TPSA) is 41.6 Å². The Hall–Kier alpha value is -0.610. The van der Waals surface area contributed by atoms with Crippen molar-refractivity contribution in [1.29, 1.82) is 0 Å². The number of nitrogens with one attached hydrogen (secondary N) is 1. The maximum Gasteiger partial charge on any atom is 0.325 e. The molecule has 0 spiro atoms. The average Bonchev–Trinajstić information content (AvgIpc) is 3.24. The van der Waals surface area contributed by atoms with E-state index >= 15 is 0 Å². The summed E-state index contributed by atoms with van der Waals surface area (Å²) in [4.78, 5) is 14.6. The lowest BCUT2D eigenvalue weighted by Crippen LogP contribution is -2.52. The van der Waals surface area contributed by atoms with E-state index in [0.717, 1.165) is 38.5 Å². The van der Waals surface area contributed by atoms with Gasteiger partial charge < -0.3 is 15.0 Å². The van der Waals surface area contributed by atoms with Crippen LogP contribution in [0.2, 0.25) is 0 Å². The lowest BCUT2D eigenvalue weighted by molar-refractivity contribution is -0.148. The molecule has 0 aliphatic heterocycles. The Balaban J connectivity index is 2.56. The Labute approximate surface area is 124 Å². The highest BCUT2D eigenvalue weighted by atomic mass is 16.5. The van der Waals surface area contributed by atoms with Gasteiger partial charge in [-0.15, -0.1) is 0 Å². The van der Waals surface area contributed by atoms with E-state index in [1.807, 2.05) is 6.92 Å². The van der Waals surface area contributed by atoms with E-state index in [0.29, 0.717) is 5.92 Å². The van der Waals surface area contributed by atoms with Crippen LogP contribution in [0.1, 0.15) is 53.4 Å². The number of ether oxygens (including phenoxy) is 1. The quantitative estimate of drug-likeness (QED) is 0.626. The molecule has 1 aliphatic rings. The van der Waals surface area contributed by atoms with E-state index in [-0.39, 0.29) is 5.97 Å². The largest absolute Gasteiger partial charge is 0.468 e. The number of esters is 1. The molecule has 118 valence electrons. The molecular formula is C16H32N2O2. The highest BCUT2D eigenvalue weighted by Gasteiger charge is 2.36. The van der Waals surface area contributed by atoms with Gasteiger partial charge in [0.25, 0.3) is 0 Å². The SMILES string of the molecule is CCCNC(C)(CCN(CC(C)C)C1CC1)C(=O)OC. The van der Waals surface area contributed by atoms with Crippen molar-refractivity contribution in [2.45, 2.75) is 65.0 Å². The smallest absolute Gasteiger partial charge is 0.325 e. The first-order valence-corrected chi connectivity index (χ1v) is 8.00. The summed E-state index contributed by atoms with van der Waals surface area (Å²) in [5.74, 6) is 0.523. The van der Waals surface area contributed by atoms with Crippen LogP contribution in [0.5, 0.6) is 0 Å². The van der Waals surface area contributed by atoms with Crippen molar-refractivity contribution in [3.63, 3.8) is 0 Å². The summed E-state index contributed by atoms with van der Waals surface area (Å²) in [6, 6.07) is 0.741. The molecule has 0 heterocycles. The average molecular weight is 284 g/mol. The number of hydrogen-bond acceptors (Lipinski definition) is 4. The van der Waals surface area contributed by atoms with Crippen LogP contribution < -0.4 is 5.32 Å². The van der Waals surface area contributed by atoms with Gasteiger partial charge in [0.05, 0.1) is 7.11 Å². The van der Waals surface area contributed by atoms with Crippen LogP contribution >= 0.6 is 0 Å². The fourth-order valence-electron chi connectivity index (χ4n) is 2.59. The summed E-state index contributed by atoms with van der Waals surface area (Å²) >= 11 is 0. The molecule has 0 bridgehead atoms. The number of nitrogens with zero attached hydrogens (tertiary/aromatic N) is 1. The minimum Gasteiger partial charge on any atom is -0.468 e. The summed E-state index contributed by atoms with van der Waals surface area (Å²) in [6.45, 7) is 11.5. The highest BCUT2D eigenvalue weighted by molar-refractivity contribution is 5.80. The van der Waals surface area contributed by atoms with Crippen LogP contribution in [0.3, 0.4) is 0 Å². The monoisotopic (exact) mass is 284 g/mol. The van der Waals surface area contributed by atoms with Crippen LogP contribution in [-0.2, 0) is 9.53 Å². The predicted molar refractivity (Wildman–Crippen MR) is 82.8 cm³/mol. The van der Waals surface area contributed by atoms with Gasteiger partial charge in [0, 0.05) is 19.1 Å². The van der Waals surface area contributed by atoms with Gasteiger partial charge in [0.1, 0.15) is 5.54 Å². The molecule has 4 nitrogen and oxygen atoms in total. The number of rotatable bonds is 10. The molecule has 1 rings (SSSR count). The van der Waals surface area contributed by atoms with E-state index in [4.69, 9.17) is 4.74 Å². The predicted octanol–water partition coefficient (Wildman–Crippen LogP) is 2.43. The van der Waals surface area contributed by atoms with Gasteiger partial charge in [0.2, 0.25) is 0 Å². The molecule has 1 N–H and O–H groups in total. The second-order valence-electron chi connectivity index (χ2n) is 6.62. The maximum absolute atomic E-state index is 12.1. The third-order valence-electron chi connectivity index (χ3n) is 3.96. The molecule has 1 saturated carbocycles. The van der Waals surface area contributed by atoms with Crippen molar-refractivity contribution in [1.82, 2.24) is 10.2 Å². The van der Waals surface area contributed by atoms with Gasteiger partial charge in [-0.25, -0.2) is 0 Å². The molecular weight excluding hydrogens is 252 g/mol. The lowest BCUT2D eigenvalue weighted by atomic mass is 9.97. The van der Waals surface area contributed by atoms with E-state index in [2.05, 4.69) is 31.0 Å². The number of carbonyl (C=O) groups excluding carboxylic acids is 1. The molecule has 4 heteroatoms. The first-order valence-electron chi connectivity index (χ1n) is 8.00. The van der Waals surface area contributed by atoms with Crippen molar-refractivity contribution in [3.8, 4) is 0 Å². The fourth-order valence-corrected chi connectivity index (χ4v) is 2.59. The standard InChI is InChI=1S/C16H32N2O2/c1-6-10-17-16(4,15(19)20-5)9-11-18(12-13(2)3)14-7-8-14/h13-14,17H,6-12H2,1-5H3. The highest BCUT2D eigenvalue weighted by Crippen LogP contribution is 2.28. The third kappa shape index (κ3) is 5.41. The normalized spacial score (nSPS) is 18.4. The van der Waals surface area contributed by atoms with Gasteiger partial charge in [0.15, 0.2) is 0 Å². The molecule has 0 aromatic rings. The van der Waals surface area contributed by atoms with Gasteiger partial charge in [-0.2, -0.15) is 0 Å². The van der Waals surface area contributed by atoms with Crippen molar-refractivity contribution >= 4 is 5.97 Å². The Morgan fingerprint density at radius 2 is 2.10 bits per heavy atom. The molecule has 20 heavy (non-hydrogen) atoms. The zero-order valence-electron chi connectivity index (χ0n) is 13.9. The van der Waals surface area contributed by atoms with Crippen LogP contribution in [0, 0.1) is 5.92 Å². The van der Waals surface area contributed by atoms with Crippen LogP contribution in [-0.4, -0.2) is 49.2 Å². The zero-order valence-corrected chi connectivity index (χ0v) is 13.9. The molecule has 0 radical (unpaired) electrons. The number of hydrogen-bond donors (Lipinski definition) is 1. The molecule has 0 amide bonds. The van der Waals surface area contributed by atoms with Crippen molar-refractivity contribution in [3.05, 3.63) is 0 Å². The van der Waals surface area contributed by atoms with Gasteiger partial charge >= 0.3 is 5.97 Å². The molecule has 0 saturated heterocycles. The maximum atomic E-state index is 12.1. The van der Waals surface area contributed by atoms with E-state index in [1.165, 1.54) is 20.0 Å². The Kier molecular flexibility index (Phi) is 6.96. The Morgan fingerprint density at radius 3 is 2.55 bits per heavy atom. The van der Waals surface area contributed by atoms with E-state index < -0.39 is 5.54 Å². The van der Waals surface area contributed by atoms with Crippen molar-refractivity contribution < 1.29 is 9.53 Å². The van der Waals surface area contributed by atoms with Gasteiger partial charge in [-0.1, -0.05) is 20.8 Å². The Bertz CT molecular complexity index is 303. The summed E-state index contributed by atoms with van der Waals surface area (Å²) in [6.07, 6.45) is 4.45.